The van der Waals surface area contributed by atoms with Gasteiger partial charge < -0.3 is 10.2 Å². The van der Waals surface area contributed by atoms with E-state index >= 15 is 0 Å². The molecule has 1 N–H and O–H groups in total. The van der Waals surface area contributed by atoms with Crippen molar-refractivity contribution < 1.29 is 26.8 Å². The lowest BCUT2D eigenvalue weighted by Gasteiger charge is -2.32. The Morgan fingerprint density at radius 1 is 1.00 bits per heavy atom. The smallest absolute Gasteiger partial charge is 0.243 e. The fraction of sp³-hybridized carbons (Fsp3) is 0.462. The maximum absolute atomic E-state index is 14.3. The van der Waals surface area contributed by atoms with Crippen molar-refractivity contribution in [1.29, 1.82) is 0 Å². The molecule has 2 rings (SSSR count). The van der Waals surface area contributed by atoms with Crippen molar-refractivity contribution in [2.24, 2.45) is 0 Å². The summed E-state index contributed by atoms with van der Waals surface area (Å²) < 4.78 is 53.2. The van der Waals surface area contributed by atoms with Crippen molar-refractivity contribution in [3.63, 3.8) is 0 Å². The molecule has 0 fully saturated rings. The summed E-state index contributed by atoms with van der Waals surface area (Å²) in [5.74, 6) is -1.73. The SMILES string of the molecule is CC[C@H](C)NC(=O)[C@H](CC)N(Cc1ccc(F)cc1)C(=O)CCCN(c1ccccc1F)S(C)(=O)=O. The fourth-order valence-electron chi connectivity index (χ4n) is 3.78. The summed E-state index contributed by atoms with van der Waals surface area (Å²) in [7, 11) is -3.79. The lowest BCUT2D eigenvalue weighted by Crippen LogP contribution is -2.50. The minimum absolute atomic E-state index is 0.0607. The molecule has 36 heavy (non-hydrogen) atoms. The summed E-state index contributed by atoms with van der Waals surface area (Å²) >= 11 is 0. The molecule has 0 aliphatic rings. The standard InChI is InChI=1S/C26H35F2N3O4S/c1-5-19(3)29-26(33)23(6-2)30(18-20-13-15-21(27)16-14-20)25(32)12-9-17-31(36(4,34)35)24-11-8-7-10-22(24)28/h7-8,10-11,13-16,19,23H,5-6,9,12,17-18H2,1-4H3,(H,29,33)/t19-,23-/m0/s1. The van der Waals surface area contributed by atoms with Gasteiger partial charge in [0.05, 0.1) is 11.9 Å². The van der Waals surface area contributed by atoms with Crippen LogP contribution in [0.5, 0.6) is 0 Å². The van der Waals surface area contributed by atoms with E-state index in [1.165, 1.54) is 41.3 Å². The van der Waals surface area contributed by atoms with Crippen LogP contribution in [0.25, 0.3) is 0 Å². The lowest BCUT2D eigenvalue weighted by molar-refractivity contribution is -0.141. The van der Waals surface area contributed by atoms with Crippen molar-refractivity contribution in [3.8, 4) is 0 Å². The molecule has 10 heteroatoms. The van der Waals surface area contributed by atoms with Gasteiger partial charge in [0, 0.05) is 25.6 Å². The average Bonchev–Trinajstić information content (AvgIpc) is 2.82. The minimum atomic E-state index is -3.79. The van der Waals surface area contributed by atoms with Gasteiger partial charge in [0.25, 0.3) is 0 Å². The first-order valence-electron chi connectivity index (χ1n) is 12.0. The third kappa shape index (κ3) is 8.29. The van der Waals surface area contributed by atoms with Crippen LogP contribution in [0.1, 0.15) is 52.0 Å². The number of halogens is 2. The average molecular weight is 524 g/mol. The van der Waals surface area contributed by atoms with Crippen molar-refractivity contribution in [3.05, 3.63) is 65.7 Å². The van der Waals surface area contributed by atoms with E-state index in [1.807, 2.05) is 13.8 Å². The minimum Gasteiger partial charge on any atom is -0.352 e. The number of hydrogen-bond donors (Lipinski definition) is 1. The van der Waals surface area contributed by atoms with Crippen LogP contribution in [0.2, 0.25) is 0 Å². The molecule has 0 heterocycles. The predicted molar refractivity (Wildman–Crippen MR) is 137 cm³/mol. The third-order valence-corrected chi connectivity index (χ3v) is 7.11. The number of rotatable bonds is 13. The Morgan fingerprint density at radius 2 is 1.64 bits per heavy atom. The summed E-state index contributed by atoms with van der Waals surface area (Å²) in [5.41, 5.74) is 0.568. The Balaban J connectivity index is 2.23. The second-order valence-corrected chi connectivity index (χ2v) is 10.7. The monoisotopic (exact) mass is 523 g/mol. The molecule has 0 aliphatic heterocycles. The van der Waals surface area contributed by atoms with E-state index < -0.39 is 27.7 Å². The Morgan fingerprint density at radius 3 is 2.19 bits per heavy atom. The van der Waals surface area contributed by atoms with Gasteiger partial charge in [-0.05, 0) is 56.0 Å². The Hall–Kier alpha value is -3.01. The molecule has 0 saturated heterocycles. The highest BCUT2D eigenvalue weighted by Crippen LogP contribution is 2.22. The van der Waals surface area contributed by atoms with Gasteiger partial charge in [-0.25, -0.2) is 17.2 Å². The Labute approximate surface area is 212 Å². The van der Waals surface area contributed by atoms with Crippen LogP contribution in [-0.4, -0.2) is 50.0 Å². The molecule has 2 aromatic rings. The van der Waals surface area contributed by atoms with E-state index in [1.54, 1.807) is 19.1 Å². The van der Waals surface area contributed by atoms with Crippen molar-refractivity contribution >= 4 is 27.5 Å². The maximum atomic E-state index is 14.3. The van der Waals surface area contributed by atoms with E-state index in [4.69, 9.17) is 0 Å². The van der Waals surface area contributed by atoms with Crippen LogP contribution in [0.3, 0.4) is 0 Å². The lowest BCUT2D eigenvalue weighted by atomic mass is 10.1. The number of carbonyl (C=O) groups is 2. The number of anilines is 1. The van der Waals surface area contributed by atoms with Crippen molar-refractivity contribution in [2.75, 3.05) is 17.1 Å². The number of nitrogens with zero attached hydrogens (tertiary/aromatic N) is 2. The number of hydrogen-bond acceptors (Lipinski definition) is 4. The molecule has 0 saturated carbocycles. The first-order chi connectivity index (χ1) is 17.0. The van der Waals surface area contributed by atoms with Gasteiger partial charge in [-0.3, -0.25) is 13.9 Å². The second-order valence-electron chi connectivity index (χ2n) is 8.78. The highest BCUT2D eigenvalue weighted by molar-refractivity contribution is 7.92. The summed E-state index contributed by atoms with van der Waals surface area (Å²) in [4.78, 5) is 27.8. The number of nitrogens with one attached hydrogen (secondary N) is 1. The fourth-order valence-corrected chi connectivity index (χ4v) is 4.75. The van der Waals surface area contributed by atoms with Crippen LogP contribution >= 0.6 is 0 Å². The Bertz CT molecular complexity index is 1130. The summed E-state index contributed by atoms with van der Waals surface area (Å²) in [6, 6.07) is 10.4. The topological polar surface area (TPSA) is 86.8 Å². The maximum Gasteiger partial charge on any atom is 0.243 e. The van der Waals surface area contributed by atoms with Gasteiger partial charge in [-0.2, -0.15) is 0 Å². The van der Waals surface area contributed by atoms with E-state index in [2.05, 4.69) is 5.32 Å². The van der Waals surface area contributed by atoms with E-state index in [0.29, 0.717) is 12.0 Å². The van der Waals surface area contributed by atoms with Gasteiger partial charge in [0.2, 0.25) is 21.8 Å². The molecule has 0 bridgehead atoms. The molecule has 2 atom stereocenters. The largest absolute Gasteiger partial charge is 0.352 e. The van der Waals surface area contributed by atoms with Crippen LogP contribution in [0.4, 0.5) is 14.5 Å². The molecular weight excluding hydrogens is 488 g/mol. The van der Waals surface area contributed by atoms with E-state index in [0.717, 1.165) is 17.0 Å². The molecular formula is C26H35F2N3O4S. The van der Waals surface area contributed by atoms with Crippen molar-refractivity contribution in [1.82, 2.24) is 10.2 Å². The molecule has 198 valence electrons. The van der Waals surface area contributed by atoms with Gasteiger partial charge in [-0.15, -0.1) is 0 Å². The molecule has 7 nitrogen and oxygen atoms in total. The first-order valence-corrected chi connectivity index (χ1v) is 13.9. The first kappa shape index (κ1) is 29.2. The van der Waals surface area contributed by atoms with Gasteiger partial charge >= 0.3 is 0 Å². The third-order valence-electron chi connectivity index (χ3n) is 5.93. The van der Waals surface area contributed by atoms with Crippen molar-refractivity contribution in [2.45, 2.75) is 65.1 Å². The van der Waals surface area contributed by atoms with E-state index in [-0.39, 0.29) is 49.5 Å². The summed E-state index contributed by atoms with van der Waals surface area (Å²) in [6.45, 7) is 5.60. The van der Waals surface area contributed by atoms with Crippen LogP contribution in [-0.2, 0) is 26.2 Å². The summed E-state index contributed by atoms with van der Waals surface area (Å²) in [6.07, 6.45) is 2.12. The molecule has 0 aromatic heterocycles. The highest BCUT2D eigenvalue weighted by Gasteiger charge is 2.29. The summed E-state index contributed by atoms with van der Waals surface area (Å²) in [5, 5.41) is 2.91. The predicted octanol–water partition coefficient (Wildman–Crippen LogP) is 4.23. The van der Waals surface area contributed by atoms with Gasteiger partial charge in [-0.1, -0.05) is 38.1 Å². The van der Waals surface area contributed by atoms with Gasteiger partial charge in [0.1, 0.15) is 17.7 Å². The Kier molecular flexibility index (Phi) is 10.8. The normalized spacial score (nSPS) is 13.1. The quantitative estimate of drug-likeness (QED) is 0.426. The van der Waals surface area contributed by atoms with Crippen LogP contribution < -0.4 is 9.62 Å². The zero-order chi connectivity index (χ0) is 26.9. The molecule has 2 aromatic carbocycles. The number of para-hydroxylation sites is 1. The molecule has 0 aliphatic carbocycles. The van der Waals surface area contributed by atoms with Crippen LogP contribution in [0.15, 0.2) is 48.5 Å². The second kappa shape index (κ2) is 13.3. The zero-order valence-corrected chi connectivity index (χ0v) is 22.0. The van der Waals surface area contributed by atoms with Crippen LogP contribution in [0, 0.1) is 11.6 Å². The highest BCUT2D eigenvalue weighted by atomic mass is 32.2. The molecule has 2 amide bonds. The van der Waals surface area contributed by atoms with Gasteiger partial charge in [0.15, 0.2) is 0 Å². The number of carbonyl (C=O) groups excluding carboxylic acids is 2. The number of benzene rings is 2. The number of sulfonamides is 1. The number of amides is 2. The molecule has 0 spiro atoms. The molecule has 0 unspecified atom stereocenters. The van der Waals surface area contributed by atoms with E-state index in [9.17, 15) is 26.8 Å². The molecule has 0 radical (unpaired) electrons. The zero-order valence-electron chi connectivity index (χ0n) is 21.2.